The van der Waals surface area contributed by atoms with E-state index in [0.29, 0.717) is 0 Å². The maximum Gasteiger partial charge on any atom is 0.469 e. The molecule has 0 saturated carbocycles. The van der Waals surface area contributed by atoms with E-state index in [1.165, 1.54) is 5.82 Å². The molecule has 0 unspecified atom stereocenters. The minimum atomic E-state index is -2.70. The zero-order valence-electron chi connectivity index (χ0n) is 18.9. The fourth-order valence-corrected chi connectivity index (χ4v) is 17.6. The summed E-state index contributed by atoms with van der Waals surface area (Å²) >= 11 is 0. The Morgan fingerprint density at radius 3 is 1.58 bits per heavy atom. The minimum absolute atomic E-state index is 0.896. The van der Waals surface area contributed by atoms with Gasteiger partial charge in [-0.3, -0.25) is 0 Å². The van der Waals surface area contributed by atoms with Crippen molar-refractivity contribution in [3.63, 3.8) is 0 Å². The zero-order valence-corrected chi connectivity index (χ0v) is 22.9. The van der Waals surface area contributed by atoms with E-state index in [1.54, 1.807) is 0 Å². The predicted molar refractivity (Wildman–Crippen MR) is 119 cm³/mol. The average Bonchev–Trinajstić information content (AvgIpc) is 2.63. The van der Waals surface area contributed by atoms with Gasteiger partial charge in [0.2, 0.25) is 0 Å². The number of aromatic nitrogens is 2. The normalized spacial score (nSPS) is 14.1. The number of rotatable bonds is 10. The van der Waals surface area contributed by atoms with Crippen LogP contribution >= 0.6 is 0 Å². The summed E-state index contributed by atoms with van der Waals surface area (Å²) in [5.41, 5.74) is 0. The molecule has 5 nitrogen and oxygen atoms in total. The second-order valence-corrected chi connectivity index (χ2v) is 27.1. The summed E-state index contributed by atoms with van der Waals surface area (Å²) < 4.78 is 24.7. The van der Waals surface area contributed by atoms with Gasteiger partial charge in [-0.25, -0.2) is 9.13 Å². The van der Waals surface area contributed by atoms with Crippen LogP contribution in [-0.4, -0.2) is 38.3 Å². The molecule has 0 saturated heterocycles. The molecule has 0 radical (unpaired) electrons. The Labute approximate surface area is 165 Å². The van der Waals surface area contributed by atoms with Gasteiger partial charge >= 0.3 is 8.80 Å². The Morgan fingerprint density at radius 1 is 0.846 bits per heavy atom. The molecule has 0 atom stereocenters. The van der Waals surface area contributed by atoms with Crippen LogP contribution in [0.2, 0.25) is 65.0 Å². The van der Waals surface area contributed by atoms with Crippen molar-refractivity contribution in [1.82, 2.24) is 4.57 Å². The number of aryl methyl sites for hydroxylation is 2. The molecular formula is C17H41N2O3Si4+. The van der Waals surface area contributed by atoms with Crippen molar-refractivity contribution >= 4 is 33.8 Å². The van der Waals surface area contributed by atoms with Crippen LogP contribution in [0.5, 0.6) is 0 Å². The molecule has 0 bridgehead atoms. The molecule has 0 aromatic carbocycles. The standard InChI is InChI=1S/C17H41N2O3Si4/c1-17-18(2)14-15-19(17)13-12-16-26(20-23(3,4)5,21-24(6,7)8)22-25(9,10)11/h14-15H,12-13,16H2,1-11H3/q+1. The van der Waals surface area contributed by atoms with Crippen molar-refractivity contribution in [2.75, 3.05) is 0 Å². The highest BCUT2D eigenvalue weighted by Gasteiger charge is 2.49. The number of nitrogens with zero attached hydrogens (tertiary/aromatic N) is 2. The van der Waals surface area contributed by atoms with Crippen molar-refractivity contribution in [1.29, 1.82) is 0 Å². The highest BCUT2D eigenvalue weighted by atomic mass is 28.5. The van der Waals surface area contributed by atoms with Crippen LogP contribution in [0.15, 0.2) is 12.4 Å². The van der Waals surface area contributed by atoms with E-state index in [0.717, 1.165) is 19.0 Å². The molecule has 1 heterocycles. The molecule has 152 valence electrons. The van der Waals surface area contributed by atoms with Crippen LogP contribution in [0.3, 0.4) is 0 Å². The van der Waals surface area contributed by atoms with Crippen molar-refractivity contribution in [2.24, 2.45) is 7.05 Å². The number of imidazole rings is 1. The molecule has 0 N–H and O–H groups in total. The van der Waals surface area contributed by atoms with Gasteiger partial charge in [0.1, 0.15) is 12.4 Å². The summed E-state index contributed by atoms with van der Waals surface area (Å²) in [5, 5.41) is 0. The molecular weight excluding hydrogens is 393 g/mol. The lowest BCUT2D eigenvalue weighted by molar-refractivity contribution is -0.677. The monoisotopic (exact) mass is 433 g/mol. The summed E-state index contributed by atoms with van der Waals surface area (Å²) in [5.74, 6) is 1.26. The van der Waals surface area contributed by atoms with Crippen molar-refractivity contribution < 1.29 is 16.9 Å². The van der Waals surface area contributed by atoms with E-state index in [1.807, 2.05) is 0 Å². The van der Waals surface area contributed by atoms with Crippen LogP contribution in [0, 0.1) is 6.92 Å². The molecule has 0 aliphatic rings. The first-order valence-electron chi connectivity index (χ1n) is 9.64. The molecule has 1 aromatic heterocycles. The maximum absolute atomic E-state index is 6.74. The van der Waals surface area contributed by atoms with Gasteiger partial charge < -0.3 is 12.3 Å². The van der Waals surface area contributed by atoms with Crippen LogP contribution in [0.25, 0.3) is 0 Å². The van der Waals surface area contributed by atoms with Gasteiger partial charge in [0, 0.05) is 13.0 Å². The third kappa shape index (κ3) is 8.76. The van der Waals surface area contributed by atoms with Crippen molar-refractivity contribution in [3.8, 4) is 0 Å². The molecule has 0 amide bonds. The van der Waals surface area contributed by atoms with Gasteiger partial charge in [-0.2, -0.15) is 0 Å². The van der Waals surface area contributed by atoms with E-state index < -0.39 is 33.8 Å². The first-order valence-corrected chi connectivity index (χ1v) is 21.8. The van der Waals surface area contributed by atoms with Crippen LogP contribution in [-0.2, 0) is 25.9 Å². The van der Waals surface area contributed by atoms with Gasteiger partial charge in [-0.15, -0.1) is 0 Å². The van der Waals surface area contributed by atoms with Crippen molar-refractivity contribution in [2.45, 2.75) is 84.9 Å². The van der Waals surface area contributed by atoms with E-state index >= 15 is 0 Å². The summed E-state index contributed by atoms with van der Waals surface area (Å²) in [6.07, 6.45) is 5.27. The Balaban J connectivity index is 3.04. The Hall–Kier alpha value is -0.0425. The highest BCUT2D eigenvalue weighted by molar-refractivity contribution is 6.90. The molecule has 9 heteroatoms. The molecule has 0 aliphatic heterocycles. The summed E-state index contributed by atoms with van der Waals surface area (Å²) in [7, 11) is -5.96. The second-order valence-electron chi connectivity index (χ2n) is 10.1. The minimum Gasteiger partial charge on any atom is -0.417 e. The lowest BCUT2D eigenvalue weighted by Crippen LogP contribution is -2.60. The Bertz CT molecular complexity index is 546. The molecule has 0 aliphatic carbocycles. The topological polar surface area (TPSA) is 36.5 Å². The van der Waals surface area contributed by atoms with E-state index in [2.05, 4.69) is 94.4 Å². The number of hydrogen-bond donors (Lipinski definition) is 0. The van der Waals surface area contributed by atoms with E-state index in [-0.39, 0.29) is 0 Å². The van der Waals surface area contributed by atoms with Crippen LogP contribution < -0.4 is 4.57 Å². The molecule has 0 spiro atoms. The lowest BCUT2D eigenvalue weighted by Gasteiger charge is -2.42. The fourth-order valence-electron chi connectivity index (χ4n) is 2.92. The highest BCUT2D eigenvalue weighted by Crippen LogP contribution is 2.30. The first kappa shape index (κ1) is 24.0. The van der Waals surface area contributed by atoms with Gasteiger partial charge in [-0.1, -0.05) is 0 Å². The summed E-state index contributed by atoms with van der Waals surface area (Å²) in [4.78, 5) is 0. The largest absolute Gasteiger partial charge is 0.469 e. The van der Waals surface area contributed by atoms with Gasteiger partial charge in [0.25, 0.3) is 5.82 Å². The van der Waals surface area contributed by atoms with E-state index in [9.17, 15) is 0 Å². The second kappa shape index (κ2) is 8.54. The first-order chi connectivity index (χ1) is 11.5. The van der Waals surface area contributed by atoms with Crippen LogP contribution in [0.4, 0.5) is 0 Å². The number of hydrogen-bond acceptors (Lipinski definition) is 3. The average molecular weight is 434 g/mol. The molecule has 26 heavy (non-hydrogen) atoms. The third-order valence-corrected chi connectivity index (χ3v) is 15.7. The summed E-state index contributed by atoms with van der Waals surface area (Å²) in [6.45, 7) is 23.3. The smallest absolute Gasteiger partial charge is 0.417 e. The molecule has 1 rings (SSSR count). The van der Waals surface area contributed by atoms with Gasteiger partial charge in [-0.05, 0) is 65.3 Å². The SMILES string of the molecule is Cc1n(CCC[Si](O[Si](C)(C)C)(O[Si](C)(C)C)O[Si](C)(C)C)cc[n+]1C. The van der Waals surface area contributed by atoms with Gasteiger partial charge in [0.05, 0.1) is 13.6 Å². The van der Waals surface area contributed by atoms with Gasteiger partial charge in [0.15, 0.2) is 25.0 Å². The van der Waals surface area contributed by atoms with Crippen molar-refractivity contribution in [3.05, 3.63) is 18.2 Å². The fraction of sp³-hybridized carbons (Fsp3) is 0.824. The predicted octanol–water partition coefficient (Wildman–Crippen LogP) is 4.50. The van der Waals surface area contributed by atoms with Crippen LogP contribution in [0.1, 0.15) is 12.2 Å². The third-order valence-electron chi connectivity index (χ3n) is 3.66. The summed E-state index contributed by atoms with van der Waals surface area (Å²) in [6, 6.07) is 0.896. The Kier molecular flexibility index (Phi) is 7.88. The van der Waals surface area contributed by atoms with E-state index in [4.69, 9.17) is 12.3 Å². The quantitative estimate of drug-likeness (QED) is 0.402. The molecule has 1 aromatic rings. The lowest BCUT2D eigenvalue weighted by atomic mass is 10.4. The maximum atomic E-state index is 6.74. The zero-order chi connectivity index (χ0) is 20.4. The Morgan fingerprint density at radius 2 is 1.27 bits per heavy atom. The molecule has 0 fully saturated rings.